The van der Waals surface area contributed by atoms with Crippen LogP contribution < -0.4 is 10.2 Å². The second-order valence-electron chi connectivity index (χ2n) is 5.66. The molecule has 3 rings (SSSR count). The molecule has 5 nitrogen and oxygen atoms in total. The summed E-state index contributed by atoms with van der Waals surface area (Å²) in [6.07, 6.45) is 1.35. The third kappa shape index (κ3) is 3.92. The summed E-state index contributed by atoms with van der Waals surface area (Å²) < 4.78 is 1.67. The first-order chi connectivity index (χ1) is 12.4. The van der Waals surface area contributed by atoms with Gasteiger partial charge in [0.05, 0.1) is 11.4 Å². The molecule has 26 heavy (non-hydrogen) atoms. The van der Waals surface area contributed by atoms with E-state index < -0.39 is 17.7 Å². The number of benzene rings is 2. The number of hydrogen-bond acceptors (Lipinski definition) is 4. The minimum Gasteiger partial charge on any atom is -0.301 e. The predicted octanol–water partition coefficient (Wildman–Crippen LogP) is 4.29. The van der Waals surface area contributed by atoms with E-state index in [9.17, 15) is 9.59 Å². The fourth-order valence-electron chi connectivity index (χ4n) is 2.43. The van der Waals surface area contributed by atoms with E-state index in [0.717, 1.165) is 14.5 Å². The Morgan fingerprint density at radius 3 is 2.50 bits per heavy atom. The topological polar surface area (TPSA) is 61.8 Å². The molecule has 132 valence electrons. The normalized spacial score (nSPS) is 17.7. The minimum atomic E-state index is -1.06. The molecule has 1 aliphatic heterocycles. The maximum Gasteiger partial charge on any atom is 0.251 e. The van der Waals surface area contributed by atoms with Crippen molar-refractivity contribution in [1.29, 1.82) is 0 Å². The summed E-state index contributed by atoms with van der Waals surface area (Å²) in [5.41, 5.74) is 2.30. The molecule has 1 N–H and O–H groups in total. The van der Waals surface area contributed by atoms with Gasteiger partial charge in [-0.1, -0.05) is 22.0 Å². The van der Waals surface area contributed by atoms with Gasteiger partial charge in [0, 0.05) is 15.2 Å². The van der Waals surface area contributed by atoms with Crippen LogP contribution in [0, 0.1) is 12.8 Å². The van der Waals surface area contributed by atoms with Gasteiger partial charge in [0.25, 0.3) is 5.91 Å². The molecule has 2 aromatic rings. The molecule has 0 saturated carbocycles. The van der Waals surface area contributed by atoms with Crippen LogP contribution in [0.15, 0.2) is 56.4 Å². The molecule has 1 fully saturated rings. The van der Waals surface area contributed by atoms with Crippen molar-refractivity contribution in [2.24, 2.45) is 10.9 Å². The number of nitrogens with zero attached hydrogens (tertiary/aromatic N) is 2. The number of amides is 2. The van der Waals surface area contributed by atoms with Crippen LogP contribution in [0.25, 0.3) is 0 Å². The molecule has 0 aromatic heterocycles. The number of carbonyl (C=O) groups excluding carboxylic acids is 2. The first kappa shape index (κ1) is 18.9. The Kier molecular flexibility index (Phi) is 5.64. The second kappa shape index (κ2) is 7.77. The third-order valence-electron chi connectivity index (χ3n) is 3.75. The highest BCUT2D eigenvalue weighted by molar-refractivity contribution is 9.10. The van der Waals surface area contributed by atoms with Crippen molar-refractivity contribution in [2.75, 3.05) is 4.90 Å². The Hall–Kier alpha value is -1.90. The van der Waals surface area contributed by atoms with Crippen molar-refractivity contribution in [2.45, 2.75) is 6.92 Å². The zero-order valence-electron chi connectivity index (χ0n) is 13.6. The van der Waals surface area contributed by atoms with Gasteiger partial charge in [-0.3, -0.25) is 19.5 Å². The van der Waals surface area contributed by atoms with Crippen LogP contribution in [0.5, 0.6) is 0 Å². The molecule has 0 bridgehead atoms. The second-order valence-corrected chi connectivity index (χ2v) is 7.81. The number of carbonyl (C=O) groups is 2. The van der Waals surface area contributed by atoms with Crippen molar-refractivity contribution < 1.29 is 9.59 Å². The van der Waals surface area contributed by atoms with Crippen LogP contribution in [0.1, 0.15) is 5.56 Å². The molecular formula is C18H13Br2N3O2S. The first-order valence-corrected chi connectivity index (χ1v) is 9.61. The number of aryl methyl sites for hydroxylation is 1. The van der Waals surface area contributed by atoms with Gasteiger partial charge in [0.2, 0.25) is 5.91 Å². The summed E-state index contributed by atoms with van der Waals surface area (Å²) in [5.74, 6) is -1.98. The molecule has 0 aliphatic carbocycles. The summed E-state index contributed by atoms with van der Waals surface area (Å²) in [6, 6.07) is 12.7. The van der Waals surface area contributed by atoms with Crippen molar-refractivity contribution >= 4 is 78.6 Å². The van der Waals surface area contributed by atoms with Gasteiger partial charge in [0.1, 0.15) is 0 Å². The van der Waals surface area contributed by atoms with E-state index in [-0.39, 0.29) is 5.11 Å². The van der Waals surface area contributed by atoms with Crippen molar-refractivity contribution in [3.8, 4) is 0 Å². The van der Waals surface area contributed by atoms with E-state index in [1.807, 2.05) is 25.1 Å². The fourth-order valence-corrected chi connectivity index (χ4v) is 3.58. The van der Waals surface area contributed by atoms with Crippen LogP contribution in [0.3, 0.4) is 0 Å². The number of nitrogens with one attached hydrogen (secondary N) is 1. The highest BCUT2D eigenvalue weighted by atomic mass is 79.9. The Labute approximate surface area is 172 Å². The van der Waals surface area contributed by atoms with E-state index >= 15 is 0 Å². The fraction of sp³-hybridized carbons (Fsp3) is 0.111. The smallest absolute Gasteiger partial charge is 0.251 e. The highest BCUT2D eigenvalue weighted by Crippen LogP contribution is 2.27. The Bertz CT molecular complexity index is 929. The molecule has 1 aliphatic rings. The van der Waals surface area contributed by atoms with Crippen molar-refractivity contribution in [3.63, 3.8) is 0 Å². The summed E-state index contributed by atoms with van der Waals surface area (Å²) in [4.78, 5) is 30.7. The number of rotatable bonds is 3. The summed E-state index contributed by atoms with van der Waals surface area (Å²) in [6.45, 7) is 1.97. The zero-order valence-corrected chi connectivity index (χ0v) is 17.6. The van der Waals surface area contributed by atoms with Gasteiger partial charge in [-0.25, -0.2) is 0 Å². The number of anilines is 1. The Morgan fingerprint density at radius 1 is 1.15 bits per heavy atom. The molecule has 0 unspecified atom stereocenters. The molecule has 2 amide bonds. The van der Waals surface area contributed by atoms with Crippen LogP contribution in [-0.4, -0.2) is 23.1 Å². The Balaban J connectivity index is 1.90. The monoisotopic (exact) mass is 493 g/mol. The third-order valence-corrected chi connectivity index (χ3v) is 5.20. The molecule has 2 aromatic carbocycles. The molecule has 0 spiro atoms. The van der Waals surface area contributed by atoms with Crippen LogP contribution in [0.2, 0.25) is 0 Å². The van der Waals surface area contributed by atoms with Crippen LogP contribution in [0.4, 0.5) is 11.4 Å². The van der Waals surface area contributed by atoms with Gasteiger partial charge in [-0.2, -0.15) is 0 Å². The van der Waals surface area contributed by atoms with E-state index in [4.69, 9.17) is 12.2 Å². The lowest BCUT2D eigenvalue weighted by molar-refractivity contribution is -0.130. The number of aliphatic imine (C=N–C) groups is 1. The predicted molar refractivity (Wildman–Crippen MR) is 113 cm³/mol. The Morgan fingerprint density at radius 2 is 1.85 bits per heavy atom. The lowest BCUT2D eigenvalue weighted by Crippen LogP contribution is -2.58. The van der Waals surface area contributed by atoms with Gasteiger partial charge < -0.3 is 5.32 Å². The van der Waals surface area contributed by atoms with E-state index in [2.05, 4.69) is 42.2 Å². The quantitative estimate of drug-likeness (QED) is 0.393. The number of hydrogen-bond donors (Lipinski definition) is 1. The average Bonchev–Trinajstić information content (AvgIpc) is 2.57. The SMILES string of the molecule is Cc1ccc(N=C[C@H]2C(=O)NC(=S)N(c3ccc(Br)cc3)C2=O)c(Br)c1. The maximum absolute atomic E-state index is 12.9. The summed E-state index contributed by atoms with van der Waals surface area (Å²) in [7, 11) is 0. The molecular weight excluding hydrogens is 482 g/mol. The van der Waals surface area contributed by atoms with Gasteiger partial charge >= 0.3 is 0 Å². The van der Waals surface area contributed by atoms with Crippen molar-refractivity contribution in [1.82, 2.24) is 5.32 Å². The molecule has 0 radical (unpaired) electrons. The largest absolute Gasteiger partial charge is 0.301 e. The van der Waals surface area contributed by atoms with Crippen LogP contribution >= 0.6 is 44.1 Å². The number of thiocarbonyl (C=S) groups is 1. The molecule has 1 atom stereocenters. The van der Waals surface area contributed by atoms with E-state index in [0.29, 0.717) is 11.4 Å². The van der Waals surface area contributed by atoms with Gasteiger partial charge in [0.15, 0.2) is 11.0 Å². The van der Waals surface area contributed by atoms with E-state index in [1.54, 1.807) is 24.3 Å². The van der Waals surface area contributed by atoms with Crippen LogP contribution in [-0.2, 0) is 9.59 Å². The van der Waals surface area contributed by atoms with Crippen molar-refractivity contribution in [3.05, 3.63) is 57.0 Å². The molecule has 1 heterocycles. The minimum absolute atomic E-state index is 0.0588. The van der Waals surface area contributed by atoms with Gasteiger partial charge in [-0.15, -0.1) is 0 Å². The first-order valence-electron chi connectivity index (χ1n) is 7.61. The van der Waals surface area contributed by atoms with E-state index in [1.165, 1.54) is 11.1 Å². The lowest BCUT2D eigenvalue weighted by atomic mass is 10.1. The molecule has 1 saturated heterocycles. The highest BCUT2D eigenvalue weighted by Gasteiger charge is 2.38. The molecule has 8 heteroatoms. The zero-order chi connectivity index (χ0) is 18.8. The number of halogens is 2. The van der Waals surface area contributed by atoms with Gasteiger partial charge in [-0.05, 0) is 77.0 Å². The standard InChI is InChI=1S/C18H13Br2N3O2S/c1-10-2-7-15(14(20)8-10)21-9-13-16(24)22-18(26)23(17(13)25)12-5-3-11(19)4-6-12/h2-9,13H,1H3,(H,22,24,26)/t13-/m0/s1. The summed E-state index contributed by atoms with van der Waals surface area (Å²) in [5, 5.41) is 2.62. The lowest BCUT2D eigenvalue weighted by Gasteiger charge is -2.30. The average molecular weight is 495 g/mol. The maximum atomic E-state index is 12.9. The summed E-state index contributed by atoms with van der Waals surface area (Å²) >= 11 is 12.0.